The van der Waals surface area contributed by atoms with Gasteiger partial charge in [-0.2, -0.15) is 0 Å². The van der Waals surface area contributed by atoms with E-state index in [0.29, 0.717) is 0 Å². The van der Waals surface area contributed by atoms with Crippen molar-refractivity contribution in [3.63, 3.8) is 0 Å². The Kier molecular flexibility index (Phi) is 4.01. The Labute approximate surface area is 169 Å². The van der Waals surface area contributed by atoms with E-state index >= 15 is 0 Å². The molecule has 0 spiro atoms. The number of nitrogen functional groups attached to an aromatic ring is 1. The molecule has 1 amide bonds. The van der Waals surface area contributed by atoms with Crippen molar-refractivity contribution in [3.8, 4) is 5.75 Å². The number of carbonyl (C=O) groups is 5. The first-order valence-corrected chi connectivity index (χ1v) is 9.36. The third kappa shape index (κ3) is 2.23. The molecule has 0 radical (unpaired) electrons. The van der Waals surface area contributed by atoms with Crippen molar-refractivity contribution < 1.29 is 39.3 Å². The first kappa shape index (κ1) is 20.2. The summed E-state index contributed by atoms with van der Waals surface area (Å²) in [6, 6.07) is 2.67. The zero-order valence-electron chi connectivity index (χ0n) is 15.9. The number of primary amides is 1. The lowest BCUT2D eigenvalue weighted by molar-refractivity contribution is -0.182. The van der Waals surface area contributed by atoms with E-state index in [0.717, 1.165) is 0 Å². The molecule has 0 bridgehead atoms. The van der Waals surface area contributed by atoms with Gasteiger partial charge < -0.3 is 26.8 Å². The number of hydrogen-bond acceptors (Lipinski definition) is 9. The highest BCUT2D eigenvalue weighted by atomic mass is 16.3. The van der Waals surface area contributed by atoms with Crippen molar-refractivity contribution in [1.82, 2.24) is 0 Å². The zero-order chi connectivity index (χ0) is 22.3. The number of hydrogen-bond donors (Lipinski definition) is 5. The highest BCUT2D eigenvalue weighted by molar-refractivity contribution is 6.31. The molecule has 2 unspecified atom stereocenters. The first-order chi connectivity index (χ1) is 13.8. The number of benzene rings is 1. The van der Waals surface area contributed by atoms with Crippen LogP contribution in [-0.2, 0) is 24.8 Å². The molecule has 10 heteroatoms. The molecule has 2 fully saturated rings. The Balaban J connectivity index is 1.90. The van der Waals surface area contributed by atoms with Gasteiger partial charge in [0.05, 0.1) is 22.8 Å². The monoisotopic (exact) mass is 416 g/mol. The number of anilines is 1. The molecule has 2 saturated carbocycles. The van der Waals surface area contributed by atoms with Crippen LogP contribution in [0.15, 0.2) is 12.1 Å². The molecule has 158 valence electrons. The summed E-state index contributed by atoms with van der Waals surface area (Å²) >= 11 is 0. The van der Waals surface area contributed by atoms with Gasteiger partial charge in [0.1, 0.15) is 5.75 Å². The number of amides is 1. The molecule has 30 heavy (non-hydrogen) atoms. The SMILES string of the molecule is C[C@@]1(O)c2ccc(N)c(O)c2C(=O)C2C(=O)[C@]3(O)C(=O)C(C(N)=O)C(=O)C[C@@H]3C[C@@H]21. The average Bonchev–Trinajstić information content (AvgIpc) is 2.64. The molecule has 10 nitrogen and oxygen atoms in total. The van der Waals surface area contributed by atoms with E-state index in [4.69, 9.17) is 11.5 Å². The molecule has 3 aliphatic rings. The molecular formula is C20H20N2O8. The number of rotatable bonds is 1. The van der Waals surface area contributed by atoms with E-state index < -0.39 is 76.1 Å². The van der Waals surface area contributed by atoms with E-state index in [2.05, 4.69) is 0 Å². The molecule has 0 aliphatic heterocycles. The Morgan fingerprint density at radius 2 is 1.77 bits per heavy atom. The number of ketones is 4. The van der Waals surface area contributed by atoms with Gasteiger partial charge in [-0.1, -0.05) is 6.07 Å². The van der Waals surface area contributed by atoms with Crippen LogP contribution < -0.4 is 11.5 Å². The molecular weight excluding hydrogens is 396 g/mol. The Hall–Kier alpha value is -3.11. The number of Topliss-reactive ketones (excluding diaryl/α,β-unsaturated/α-hetero) is 4. The largest absolute Gasteiger partial charge is 0.505 e. The number of fused-ring (bicyclic) bond motifs is 3. The molecule has 0 saturated heterocycles. The van der Waals surface area contributed by atoms with Crippen molar-refractivity contribution in [3.05, 3.63) is 23.3 Å². The predicted octanol–water partition coefficient (Wildman–Crippen LogP) is -1.43. The summed E-state index contributed by atoms with van der Waals surface area (Å²) in [7, 11) is 0. The minimum Gasteiger partial charge on any atom is -0.505 e. The normalized spacial score (nSPS) is 38.0. The smallest absolute Gasteiger partial charge is 0.235 e. The second-order valence-electron chi connectivity index (χ2n) is 8.46. The minimum absolute atomic E-state index is 0.0576. The summed E-state index contributed by atoms with van der Waals surface area (Å²) < 4.78 is 0. The summed E-state index contributed by atoms with van der Waals surface area (Å²) in [4.78, 5) is 63.2. The van der Waals surface area contributed by atoms with E-state index in [-0.39, 0.29) is 23.2 Å². The minimum atomic E-state index is -2.77. The standard InChI is InChI=1S/C20H20N2O8/c1-19(29)7-2-3-9(21)14(24)11(7)15(25)12-8(19)4-6-5-10(23)13(18(22)28)17(27)20(6,30)16(12)26/h2-3,6,8,12-13,24,29-30H,4-5,21H2,1H3,(H2,22,28)/t6-,8-,12?,13?,19+,20-/m0/s1. The maximum Gasteiger partial charge on any atom is 0.235 e. The second kappa shape index (κ2) is 5.96. The fourth-order valence-electron chi connectivity index (χ4n) is 5.29. The van der Waals surface area contributed by atoms with Crippen LogP contribution in [0.5, 0.6) is 5.75 Å². The van der Waals surface area contributed by atoms with Gasteiger partial charge in [-0.25, -0.2) is 0 Å². The fraction of sp³-hybridized carbons (Fsp3) is 0.450. The summed E-state index contributed by atoms with van der Waals surface area (Å²) in [5.74, 6) is -12.1. The number of phenols is 1. The molecule has 6 atom stereocenters. The van der Waals surface area contributed by atoms with Crippen LogP contribution in [0.3, 0.4) is 0 Å². The van der Waals surface area contributed by atoms with Gasteiger partial charge in [0, 0.05) is 18.3 Å². The zero-order valence-corrected chi connectivity index (χ0v) is 15.9. The number of nitrogens with two attached hydrogens (primary N) is 2. The Morgan fingerprint density at radius 3 is 2.37 bits per heavy atom. The van der Waals surface area contributed by atoms with Gasteiger partial charge in [-0.3, -0.25) is 24.0 Å². The van der Waals surface area contributed by atoms with Crippen LogP contribution in [0.25, 0.3) is 0 Å². The van der Waals surface area contributed by atoms with E-state index in [1.807, 2.05) is 0 Å². The van der Waals surface area contributed by atoms with Crippen molar-refractivity contribution in [2.45, 2.75) is 31.0 Å². The van der Waals surface area contributed by atoms with Gasteiger partial charge in [-0.05, 0) is 25.0 Å². The number of carbonyl (C=O) groups excluding carboxylic acids is 5. The lowest BCUT2D eigenvalue weighted by Gasteiger charge is -2.52. The molecule has 1 aromatic carbocycles. The van der Waals surface area contributed by atoms with Crippen LogP contribution in [0.4, 0.5) is 5.69 Å². The number of aliphatic hydroxyl groups is 2. The lowest BCUT2D eigenvalue weighted by atomic mass is 9.51. The number of phenolic OH excluding ortho intramolecular Hbond substituents is 1. The summed E-state index contributed by atoms with van der Waals surface area (Å²) in [6.45, 7) is 1.35. The second-order valence-corrected chi connectivity index (χ2v) is 8.46. The third-order valence-electron chi connectivity index (χ3n) is 6.89. The average molecular weight is 416 g/mol. The van der Waals surface area contributed by atoms with Crippen LogP contribution in [0.1, 0.15) is 35.7 Å². The molecule has 1 aromatic rings. The van der Waals surface area contributed by atoms with Crippen molar-refractivity contribution in [2.75, 3.05) is 5.73 Å². The number of aromatic hydroxyl groups is 1. The summed E-state index contributed by atoms with van der Waals surface area (Å²) in [6.07, 6.45) is -0.686. The summed E-state index contributed by atoms with van der Waals surface area (Å²) in [5, 5.41) is 32.6. The van der Waals surface area contributed by atoms with Gasteiger partial charge in [0.15, 0.2) is 34.7 Å². The van der Waals surface area contributed by atoms with Crippen LogP contribution in [-0.4, -0.2) is 50.0 Å². The maximum absolute atomic E-state index is 13.3. The van der Waals surface area contributed by atoms with E-state index in [1.165, 1.54) is 19.1 Å². The highest BCUT2D eigenvalue weighted by Crippen LogP contribution is 2.55. The highest BCUT2D eigenvalue weighted by Gasteiger charge is 2.68. The van der Waals surface area contributed by atoms with E-state index in [1.54, 1.807) is 0 Å². The maximum atomic E-state index is 13.3. The van der Waals surface area contributed by atoms with Gasteiger partial charge >= 0.3 is 0 Å². The molecule has 0 aromatic heterocycles. The van der Waals surface area contributed by atoms with Gasteiger partial charge in [0.25, 0.3) is 0 Å². The summed E-state index contributed by atoms with van der Waals surface area (Å²) in [5.41, 5.74) is 5.75. The van der Waals surface area contributed by atoms with Gasteiger partial charge in [0.2, 0.25) is 5.91 Å². The van der Waals surface area contributed by atoms with Gasteiger partial charge in [-0.15, -0.1) is 0 Å². The van der Waals surface area contributed by atoms with Crippen LogP contribution in [0, 0.1) is 23.7 Å². The van der Waals surface area contributed by atoms with Crippen molar-refractivity contribution in [2.24, 2.45) is 29.4 Å². The molecule has 0 heterocycles. The molecule has 4 rings (SSSR count). The van der Waals surface area contributed by atoms with Crippen molar-refractivity contribution >= 4 is 34.7 Å². The Morgan fingerprint density at radius 1 is 1.13 bits per heavy atom. The molecule has 7 N–H and O–H groups in total. The van der Waals surface area contributed by atoms with E-state index in [9.17, 15) is 39.3 Å². The molecule has 3 aliphatic carbocycles. The van der Waals surface area contributed by atoms with Crippen LogP contribution >= 0.6 is 0 Å². The quantitative estimate of drug-likeness (QED) is 0.207. The van der Waals surface area contributed by atoms with Crippen LogP contribution in [0.2, 0.25) is 0 Å². The fourth-order valence-corrected chi connectivity index (χ4v) is 5.29. The lowest BCUT2D eigenvalue weighted by Crippen LogP contribution is -2.69. The predicted molar refractivity (Wildman–Crippen MR) is 98.8 cm³/mol. The first-order valence-electron chi connectivity index (χ1n) is 9.36. The van der Waals surface area contributed by atoms with Crippen molar-refractivity contribution in [1.29, 1.82) is 0 Å². The topological polar surface area (TPSA) is 198 Å². The Bertz CT molecular complexity index is 1060. The third-order valence-corrected chi connectivity index (χ3v) is 6.89.